The van der Waals surface area contributed by atoms with E-state index in [0.29, 0.717) is 13.0 Å². The Kier molecular flexibility index (Phi) is 2.65. The summed E-state index contributed by atoms with van der Waals surface area (Å²) in [6.45, 7) is 4.56. The molecule has 1 aliphatic rings. The van der Waals surface area contributed by atoms with Gasteiger partial charge in [0.1, 0.15) is 0 Å². The molecule has 2 unspecified atom stereocenters. The van der Waals surface area contributed by atoms with E-state index >= 15 is 0 Å². The standard InChI is InChI=1S/C7H15NO2/c1-2-8-4-3-6(9)7(10)5-8/h6-7,9-10H,2-5H2,1H3. The van der Waals surface area contributed by atoms with E-state index in [1.165, 1.54) is 0 Å². The first kappa shape index (κ1) is 7.98. The molecule has 0 spiro atoms. The minimum Gasteiger partial charge on any atom is -0.390 e. The maximum Gasteiger partial charge on any atom is 0.0926 e. The Morgan fingerprint density at radius 2 is 2.10 bits per heavy atom. The first-order chi connectivity index (χ1) is 4.74. The van der Waals surface area contributed by atoms with Crippen LogP contribution >= 0.6 is 0 Å². The van der Waals surface area contributed by atoms with Gasteiger partial charge in [0.05, 0.1) is 12.2 Å². The average Bonchev–Trinajstić information content (AvgIpc) is 1.95. The van der Waals surface area contributed by atoms with E-state index in [2.05, 4.69) is 11.8 Å². The summed E-state index contributed by atoms with van der Waals surface area (Å²) in [5.41, 5.74) is 0. The smallest absolute Gasteiger partial charge is 0.0926 e. The van der Waals surface area contributed by atoms with Gasteiger partial charge in [-0.1, -0.05) is 6.92 Å². The van der Waals surface area contributed by atoms with Crippen molar-refractivity contribution in [1.82, 2.24) is 4.90 Å². The fraction of sp³-hybridized carbons (Fsp3) is 1.00. The summed E-state index contributed by atoms with van der Waals surface area (Å²) in [6, 6.07) is 0. The minimum absolute atomic E-state index is 0.497. The number of likely N-dealkylation sites (N-methyl/N-ethyl adjacent to an activating group) is 1. The van der Waals surface area contributed by atoms with Crippen molar-refractivity contribution in [3.05, 3.63) is 0 Å². The zero-order valence-corrected chi connectivity index (χ0v) is 6.32. The summed E-state index contributed by atoms with van der Waals surface area (Å²) in [5, 5.41) is 18.3. The van der Waals surface area contributed by atoms with Crippen LogP contribution in [0, 0.1) is 0 Å². The Bertz CT molecular complexity index is 108. The second-order valence-corrected chi connectivity index (χ2v) is 2.82. The zero-order valence-electron chi connectivity index (χ0n) is 6.32. The third-order valence-corrected chi connectivity index (χ3v) is 2.08. The zero-order chi connectivity index (χ0) is 7.56. The van der Waals surface area contributed by atoms with Crippen molar-refractivity contribution in [3.63, 3.8) is 0 Å². The first-order valence-electron chi connectivity index (χ1n) is 3.82. The molecule has 0 amide bonds. The lowest BCUT2D eigenvalue weighted by molar-refractivity contribution is -0.0369. The van der Waals surface area contributed by atoms with Crippen molar-refractivity contribution >= 4 is 0 Å². The second-order valence-electron chi connectivity index (χ2n) is 2.82. The summed E-state index contributed by atoms with van der Waals surface area (Å²) in [6.07, 6.45) is -0.328. The van der Waals surface area contributed by atoms with Crippen LogP contribution in [-0.4, -0.2) is 47.0 Å². The summed E-state index contributed by atoms with van der Waals surface area (Å²) < 4.78 is 0. The molecule has 60 valence electrons. The van der Waals surface area contributed by atoms with Gasteiger partial charge in [-0.2, -0.15) is 0 Å². The van der Waals surface area contributed by atoms with Crippen LogP contribution in [0.25, 0.3) is 0 Å². The molecule has 1 heterocycles. The molecule has 0 radical (unpaired) electrons. The van der Waals surface area contributed by atoms with Crippen molar-refractivity contribution in [2.75, 3.05) is 19.6 Å². The highest BCUT2D eigenvalue weighted by Gasteiger charge is 2.24. The molecule has 1 rings (SSSR count). The van der Waals surface area contributed by atoms with E-state index in [1.807, 2.05) is 0 Å². The second kappa shape index (κ2) is 3.32. The number of piperidine rings is 1. The van der Waals surface area contributed by atoms with Crippen molar-refractivity contribution < 1.29 is 10.2 Å². The molecule has 1 fully saturated rings. The van der Waals surface area contributed by atoms with E-state index in [9.17, 15) is 5.11 Å². The number of aliphatic hydroxyl groups is 2. The van der Waals surface area contributed by atoms with Crippen LogP contribution in [0.5, 0.6) is 0 Å². The lowest BCUT2D eigenvalue weighted by Crippen LogP contribution is -2.46. The molecule has 0 bridgehead atoms. The van der Waals surface area contributed by atoms with Gasteiger partial charge in [-0.15, -0.1) is 0 Å². The van der Waals surface area contributed by atoms with Crippen LogP contribution < -0.4 is 0 Å². The molecule has 2 atom stereocenters. The van der Waals surface area contributed by atoms with E-state index in [-0.39, 0.29) is 0 Å². The normalized spacial score (nSPS) is 36.3. The molecule has 3 heteroatoms. The molecule has 0 saturated carbocycles. The Hall–Kier alpha value is -0.120. The van der Waals surface area contributed by atoms with E-state index in [0.717, 1.165) is 13.1 Å². The van der Waals surface area contributed by atoms with Gasteiger partial charge in [-0.3, -0.25) is 0 Å². The van der Waals surface area contributed by atoms with Crippen molar-refractivity contribution in [1.29, 1.82) is 0 Å². The molecule has 2 N–H and O–H groups in total. The van der Waals surface area contributed by atoms with Gasteiger partial charge in [0.15, 0.2) is 0 Å². The Balaban J connectivity index is 2.33. The molecule has 1 aliphatic heterocycles. The lowest BCUT2D eigenvalue weighted by atomic mass is 10.1. The Morgan fingerprint density at radius 1 is 1.40 bits per heavy atom. The van der Waals surface area contributed by atoms with Crippen LogP contribution in [0.2, 0.25) is 0 Å². The number of hydrogen-bond donors (Lipinski definition) is 2. The van der Waals surface area contributed by atoms with Gasteiger partial charge in [0.25, 0.3) is 0 Å². The van der Waals surface area contributed by atoms with Gasteiger partial charge in [0, 0.05) is 13.1 Å². The molecule has 10 heavy (non-hydrogen) atoms. The fourth-order valence-corrected chi connectivity index (χ4v) is 1.27. The number of hydrogen-bond acceptors (Lipinski definition) is 3. The quantitative estimate of drug-likeness (QED) is 0.519. The Labute approximate surface area is 61.3 Å². The van der Waals surface area contributed by atoms with Gasteiger partial charge < -0.3 is 15.1 Å². The van der Waals surface area contributed by atoms with Crippen LogP contribution in [0.1, 0.15) is 13.3 Å². The number of nitrogens with zero attached hydrogens (tertiary/aromatic N) is 1. The Morgan fingerprint density at radius 3 is 2.60 bits per heavy atom. The molecule has 0 aliphatic carbocycles. The monoisotopic (exact) mass is 145 g/mol. The van der Waals surface area contributed by atoms with Crippen molar-refractivity contribution in [2.24, 2.45) is 0 Å². The maximum atomic E-state index is 9.19. The topological polar surface area (TPSA) is 43.7 Å². The number of rotatable bonds is 1. The summed E-state index contributed by atoms with van der Waals surface area (Å²) >= 11 is 0. The van der Waals surface area contributed by atoms with Crippen LogP contribution in [-0.2, 0) is 0 Å². The molecule has 1 saturated heterocycles. The summed E-state index contributed by atoms with van der Waals surface area (Å²) in [4.78, 5) is 2.14. The van der Waals surface area contributed by atoms with Crippen molar-refractivity contribution in [3.8, 4) is 0 Å². The minimum atomic E-state index is -0.534. The number of β-amino-alcohol motifs (C(OH)–C–C–N with tert-alkyl or cyclic N) is 1. The van der Waals surface area contributed by atoms with Crippen LogP contribution in [0.15, 0.2) is 0 Å². The molecule has 0 aromatic rings. The highest BCUT2D eigenvalue weighted by atomic mass is 16.3. The molecular formula is C7H15NO2. The predicted molar refractivity (Wildman–Crippen MR) is 38.7 cm³/mol. The lowest BCUT2D eigenvalue weighted by Gasteiger charge is -2.32. The SMILES string of the molecule is CCN1CCC(O)C(O)C1. The summed E-state index contributed by atoms with van der Waals surface area (Å²) in [5.74, 6) is 0. The molecule has 3 nitrogen and oxygen atoms in total. The number of likely N-dealkylation sites (tertiary alicyclic amines) is 1. The third kappa shape index (κ3) is 1.68. The van der Waals surface area contributed by atoms with E-state index < -0.39 is 12.2 Å². The van der Waals surface area contributed by atoms with Gasteiger partial charge in [-0.05, 0) is 13.0 Å². The van der Waals surface area contributed by atoms with Gasteiger partial charge in [0.2, 0.25) is 0 Å². The van der Waals surface area contributed by atoms with E-state index in [4.69, 9.17) is 5.11 Å². The largest absolute Gasteiger partial charge is 0.390 e. The predicted octanol–water partition coefficient (Wildman–Crippen LogP) is -0.566. The highest BCUT2D eigenvalue weighted by molar-refractivity contribution is 4.78. The fourth-order valence-electron chi connectivity index (χ4n) is 1.27. The molecule has 0 aromatic heterocycles. The first-order valence-corrected chi connectivity index (χ1v) is 3.82. The van der Waals surface area contributed by atoms with Gasteiger partial charge >= 0.3 is 0 Å². The molecule has 0 aromatic carbocycles. The van der Waals surface area contributed by atoms with Crippen molar-refractivity contribution in [2.45, 2.75) is 25.6 Å². The number of aliphatic hydroxyl groups excluding tert-OH is 2. The third-order valence-electron chi connectivity index (χ3n) is 2.08. The van der Waals surface area contributed by atoms with E-state index in [1.54, 1.807) is 0 Å². The highest BCUT2D eigenvalue weighted by Crippen LogP contribution is 2.09. The van der Waals surface area contributed by atoms with Gasteiger partial charge in [-0.25, -0.2) is 0 Å². The average molecular weight is 145 g/mol. The summed E-state index contributed by atoms with van der Waals surface area (Å²) in [7, 11) is 0. The molecular weight excluding hydrogens is 130 g/mol. The maximum absolute atomic E-state index is 9.19. The van der Waals surface area contributed by atoms with Crippen LogP contribution in [0.3, 0.4) is 0 Å². The van der Waals surface area contributed by atoms with Crippen LogP contribution in [0.4, 0.5) is 0 Å².